The largest absolute Gasteiger partial charge is 0.497 e. The highest BCUT2D eigenvalue weighted by molar-refractivity contribution is 7.92. The van der Waals surface area contributed by atoms with Crippen molar-refractivity contribution < 1.29 is 27.5 Å². The quantitative estimate of drug-likeness (QED) is 0.476. The van der Waals surface area contributed by atoms with E-state index in [1.165, 1.54) is 25.2 Å². The lowest BCUT2D eigenvalue weighted by atomic mass is 10.1. The van der Waals surface area contributed by atoms with Crippen LogP contribution in [0.1, 0.15) is 26.3 Å². The van der Waals surface area contributed by atoms with Gasteiger partial charge in [-0.15, -0.1) is 0 Å². The average molecular weight is 506 g/mol. The summed E-state index contributed by atoms with van der Waals surface area (Å²) in [5.41, 5.74) is 1.01. The number of rotatable bonds is 12. The molecule has 0 radical (unpaired) electrons. The van der Waals surface area contributed by atoms with Gasteiger partial charge in [0.1, 0.15) is 24.1 Å². The standard InChI is InChI=1S/C25H35N3O6S/c1-18(2)15-26-25(30)19(3)27(16-20-10-8-7-9-11-20)24(29)17-28(35(6,31)32)22-13-12-21(33-4)14-23(22)34-5/h7-14,18-19H,15-17H2,1-6H3,(H,26,30)/t19-/m0/s1. The highest BCUT2D eigenvalue weighted by Crippen LogP contribution is 2.33. The molecule has 0 spiro atoms. The molecule has 0 fully saturated rings. The van der Waals surface area contributed by atoms with Crippen LogP contribution < -0.4 is 19.1 Å². The topological polar surface area (TPSA) is 105 Å². The van der Waals surface area contributed by atoms with Crippen LogP contribution in [-0.2, 0) is 26.2 Å². The number of nitrogens with one attached hydrogen (secondary N) is 1. The van der Waals surface area contributed by atoms with Gasteiger partial charge >= 0.3 is 0 Å². The van der Waals surface area contributed by atoms with Gasteiger partial charge in [0.25, 0.3) is 0 Å². The number of amides is 2. The first kappa shape index (κ1) is 28.0. The molecule has 0 aliphatic rings. The summed E-state index contributed by atoms with van der Waals surface area (Å²) >= 11 is 0. The highest BCUT2D eigenvalue weighted by Gasteiger charge is 2.31. The summed E-state index contributed by atoms with van der Waals surface area (Å²) in [5, 5.41) is 2.85. The zero-order valence-electron chi connectivity index (χ0n) is 21.1. The SMILES string of the molecule is COc1ccc(N(CC(=O)N(Cc2ccccc2)[C@@H](C)C(=O)NCC(C)C)S(C)(=O)=O)c(OC)c1. The zero-order valence-corrected chi connectivity index (χ0v) is 22.0. The van der Waals surface area contributed by atoms with Gasteiger partial charge in [0.05, 0.1) is 26.2 Å². The van der Waals surface area contributed by atoms with Gasteiger partial charge in [0, 0.05) is 19.2 Å². The molecule has 192 valence electrons. The smallest absolute Gasteiger partial charge is 0.244 e. The van der Waals surface area contributed by atoms with Crippen LogP contribution in [0.2, 0.25) is 0 Å². The molecule has 0 bridgehead atoms. The fraction of sp³-hybridized carbons (Fsp3) is 0.440. The van der Waals surface area contributed by atoms with Crippen LogP contribution in [0, 0.1) is 5.92 Å². The van der Waals surface area contributed by atoms with Crippen LogP contribution in [0.25, 0.3) is 0 Å². The molecule has 2 aromatic rings. The lowest BCUT2D eigenvalue weighted by Gasteiger charge is -2.32. The van der Waals surface area contributed by atoms with Crippen molar-refractivity contribution in [1.82, 2.24) is 10.2 Å². The lowest BCUT2D eigenvalue weighted by Crippen LogP contribution is -2.51. The van der Waals surface area contributed by atoms with E-state index in [0.29, 0.717) is 12.3 Å². The number of benzene rings is 2. The minimum absolute atomic E-state index is 0.146. The van der Waals surface area contributed by atoms with Crippen molar-refractivity contribution in [3.63, 3.8) is 0 Å². The number of carbonyl (C=O) groups is 2. The van der Waals surface area contributed by atoms with Crippen molar-refractivity contribution in [2.24, 2.45) is 5.92 Å². The molecule has 0 unspecified atom stereocenters. The average Bonchev–Trinajstić information content (AvgIpc) is 2.83. The van der Waals surface area contributed by atoms with Gasteiger partial charge in [0.2, 0.25) is 21.8 Å². The maximum absolute atomic E-state index is 13.6. The lowest BCUT2D eigenvalue weighted by molar-refractivity contribution is -0.139. The molecule has 0 heterocycles. The summed E-state index contributed by atoms with van der Waals surface area (Å²) in [6.07, 6.45) is 1.02. The van der Waals surface area contributed by atoms with E-state index >= 15 is 0 Å². The van der Waals surface area contributed by atoms with Crippen LogP contribution in [0.3, 0.4) is 0 Å². The van der Waals surface area contributed by atoms with Crippen LogP contribution in [0.4, 0.5) is 5.69 Å². The van der Waals surface area contributed by atoms with E-state index < -0.39 is 28.5 Å². The second kappa shape index (κ2) is 12.4. The summed E-state index contributed by atoms with van der Waals surface area (Å²) in [6, 6.07) is 13.1. The molecule has 35 heavy (non-hydrogen) atoms. The summed E-state index contributed by atoms with van der Waals surface area (Å²) in [6.45, 7) is 5.70. The van der Waals surface area contributed by atoms with E-state index in [9.17, 15) is 18.0 Å². The van der Waals surface area contributed by atoms with E-state index in [2.05, 4.69) is 5.32 Å². The Bertz CT molecular complexity index is 1110. The third-order valence-corrected chi connectivity index (χ3v) is 6.51. The van der Waals surface area contributed by atoms with Crippen LogP contribution in [0.5, 0.6) is 11.5 Å². The van der Waals surface area contributed by atoms with Crippen molar-refractivity contribution in [3.05, 3.63) is 54.1 Å². The molecule has 0 aliphatic heterocycles. The highest BCUT2D eigenvalue weighted by atomic mass is 32.2. The van der Waals surface area contributed by atoms with Gasteiger partial charge in [-0.25, -0.2) is 8.42 Å². The van der Waals surface area contributed by atoms with Crippen molar-refractivity contribution in [2.45, 2.75) is 33.4 Å². The van der Waals surface area contributed by atoms with E-state index in [1.54, 1.807) is 19.1 Å². The number of anilines is 1. The minimum Gasteiger partial charge on any atom is -0.497 e. The molecule has 10 heteroatoms. The van der Waals surface area contributed by atoms with Gasteiger partial charge in [-0.3, -0.25) is 13.9 Å². The molecular weight excluding hydrogens is 470 g/mol. The minimum atomic E-state index is -3.87. The van der Waals surface area contributed by atoms with Crippen molar-refractivity contribution in [3.8, 4) is 11.5 Å². The Balaban J connectivity index is 2.41. The molecule has 0 saturated heterocycles. The first-order valence-electron chi connectivity index (χ1n) is 11.3. The fourth-order valence-corrected chi connectivity index (χ4v) is 4.25. The van der Waals surface area contributed by atoms with Crippen molar-refractivity contribution in [1.29, 1.82) is 0 Å². The monoisotopic (exact) mass is 505 g/mol. The summed E-state index contributed by atoms with van der Waals surface area (Å²) in [7, 11) is -0.983. The maximum atomic E-state index is 13.6. The predicted octanol–water partition coefficient (Wildman–Crippen LogP) is 2.66. The first-order chi connectivity index (χ1) is 16.5. The Morgan fingerprint density at radius 1 is 1.00 bits per heavy atom. The Labute approximate surface area is 208 Å². The number of nitrogens with zero attached hydrogens (tertiary/aromatic N) is 2. The first-order valence-corrected chi connectivity index (χ1v) is 13.1. The Kier molecular flexibility index (Phi) is 9.94. The van der Waals surface area contributed by atoms with Crippen molar-refractivity contribution >= 4 is 27.5 Å². The van der Waals surface area contributed by atoms with E-state index in [-0.39, 0.29) is 29.8 Å². The molecule has 1 atom stereocenters. The molecule has 2 rings (SSSR count). The van der Waals surface area contributed by atoms with Crippen LogP contribution >= 0.6 is 0 Å². The molecular formula is C25H35N3O6S. The molecule has 9 nitrogen and oxygen atoms in total. The fourth-order valence-electron chi connectivity index (χ4n) is 3.40. The van der Waals surface area contributed by atoms with Crippen LogP contribution in [-0.4, -0.2) is 64.7 Å². The van der Waals surface area contributed by atoms with E-state index in [1.807, 2.05) is 44.2 Å². The van der Waals surface area contributed by atoms with E-state index in [4.69, 9.17) is 9.47 Å². The van der Waals surface area contributed by atoms with Gasteiger partial charge in [-0.2, -0.15) is 0 Å². The molecule has 1 N–H and O–H groups in total. The second-order valence-electron chi connectivity index (χ2n) is 8.63. The molecule has 2 aromatic carbocycles. The Morgan fingerprint density at radius 3 is 2.20 bits per heavy atom. The molecule has 0 saturated carbocycles. The maximum Gasteiger partial charge on any atom is 0.244 e. The second-order valence-corrected chi connectivity index (χ2v) is 10.5. The number of hydrogen-bond acceptors (Lipinski definition) is 6. The van der Waals surface area contributed by atoms with Gasteiger partial charge in [-0.05, 0) is 30.5 Å². The third-order valence-electron chi connectivity index (χ3n) is 5.38. The molecule has 0 aromatic heterocycles. The van der Waals surface area contributed by atoms with Gasteiger partial charge in [0.15, 0.2) is 0 Å². The predicted molar refractivity (Wildman–Crippen MR) is 136 cm³/mol. The Morgan fingerprint density at radius 2 is 1.66 bits per heavy atom. The van der Waals surface area contributed by atoms with Gasteiger partial charge in [-0.1, -0.05) is 44.2 Å². The number of hydrogen-bond donors (Lipinski definition) is 1. The zero-order chi connectivity index (χ0) is 26.2. The normalized spacial score (nSPS) is 12.1. The molecule has 0 aliphatic carbocycles. The van der Waals surface area contributed by atoms with Gasteiger partial charge < -0.3 is 19.7 Å². The Hall–Kier alpha value is -3.27. The van der Waals surface area contributed by atoms with Crippen LogP contribution in [0.15, 0.2) is 48.5 Å². The van der Waals surface area contributed by atoms with Crippen molar-refractivity contribution in [2.75, 3.05) is 37.9 Å². The summed E-state index contributed by atoms with van der Waals surface area (Å²) in [4.78, 5) is 27.8. The van der Waals surface area contributed by atoms with E-state index in [0.717, 1.165) is 16.1 Å². The number of ether oxygens (including phenoxy) is 2. The number of carbonyl (C=O) groups excluding carboxylic acids is 2. The molecule has 2 amide bonds. The number of methoxy groups -OCH3 is 2. The summed E-state index contributed by atoms with van der Waals surface area (Å²) in [5.74, 6) is 0.124. The summed E-state index contributed by atoms with van der Waals surface area (Å²) < 4.78 is 37.0. The third kappa shape index (κ3) is 7.88. The number of sulfonamides is 1.